The maximum absolute atomic E-state index is 6.79. The molecule has 40 heavy (non-hydrogen) atoms. The Morgan fingerprint density at radius 2 is 0.850 bits per heavy atom. The molecule has 0 atom stereocenters. The molecule has 0 radical (unpaired) electrons. The second kappa shape index (κ2) is 9.43. The average molecular weight is 519 g/mol. The minimum absolute atomic E-state index is 0.0145. The first-order valence-electron chi connectivity index (χ1n) is 13.8. The molecule has 0 saturated heterocycles. The van der Waals surface area contributed by atoms with E-state index >= 15 is 0 Å². The summed E-state index contributed by atoms with van der Waals surface area (Å²) < 4.78 is 13.5. The normalized spacial score (nSPS) is 11.9. The molecule has 2 heteroatoms. The van der Waals surface area contributed by atoms with E-state index in [0.29, 0.717) is 0 Å². The third-order valence-electron chi connectivity index (χ3n) is 7.67. The van der Waals surface area contributed by atoms with Gasteiger partial charge in [0.1, 0.15) is 23.0 Å². The Morgan fingerprint density at radius 3 is 1.38 bits per heavy atom. The van der Waals surface area contributed by atoms with E-state index < -0.39 is 0 Å². The van der Waals surface area contributed by atoms with Crippen molar-refractivity contribution in [1.29, 1.82) is 0 Å². The SMILES string of the molecule is CC(C)(C)c1ccc2c(Oc3ccc4ccccc4c3)c3ccccc3c(Oc3ccc4ccccc4c3)c2c1. The van der Waals surface area contributed by atoms with Crippen molar-refractivity contribution in [3.8, 4) is 23.0 Å². The molecular weight excluding hydrogens is 488 g/mol. The maximum Gasteiger partial charge on any atom is 0.143 e. The molecule has 0 saturated carbocycles. The Morgan fingerprint density at radius 1 is 0.400 bits per heavy atom. The summed E-state index contributed by atoms with van der Waals surface area (Å²) in [5.74, 6) is 3.31. The first-order valence-corrected chi connectivity index (χ1v) is 13.8. The predicted molar refractivity (Wildman–Crippen MR) is 168 cm³/mol. The summed E-state index contributed by atoms with van der Waals surface area (Å²) in [4.78, 5) is 0. The fraction of sp³-hybridized carbons (Fsp3) is 0.105. The van der Waals surface area contributed by atoms with E-state index in [9.17, 15) is 0 Å². The molecule has 0 aliphatic carbocycles. The zero-order chi connectivity index (χ0) is 27.3. The van der Waals surface area contributed by atoms with Crippen LogP contribution in [0.5, 0.6) is 23.0 Å². The van der Waals surface area contributed by atoms with Gasteiger partial charge in [-0.15, -0.1) is 0 Å². The van der Waals surface area contributed by atoms with Gasteiger partial charge in [0, 0.05) is 21.5 Å². The highest BCUT2D eigenvalue weighted by molar-refractivity contribution is 6.11. The average Bonchev–Trinajstić information content (AvgIpc) is 2.98. The van der Waals surface area contributed by atoms with Crippen molar-refractivity contribution in [2.45, 2.75) is 26.2 Å². The molecule has 0 aliphatic heterocycles. The highest BCUT2D eigenvalue weighted by atomic mass is 16.5. The van der Waals surface area contributed by atoms with Crippen LogP contribution in [-0.4, -0.2) is 0 Å². The second-order valence-electron chi connectivity index (χ2n) is 11.4. The first kappa shape index (κ1) is 24.2. The van der Waals surface area contributed by atoms with Crippen molar-refractivity contribution in [1.82, 2.24) is 0 Å². The van der Waals surface area contributed by atoms with Crippen LogP contribution in [0.3, 0.4) is 0 Å². The van der Waals surface area contributed by atoms with Crippen LogP contribution in [-0.2, 0) is 5.41 Å². The van der Waals surface area contributed by atoms with Crippen LogP contribution in [0, 0.1) is 0 Å². The van der Waals surface area contributed by atoms with Crippen molar-refractivity contribution < 1.29 is 9.47 Å². The van der Waals surface area contributed by atoms with Crippen LogP contribution in [0.15, 0.2) is 127 Å². The topological polar surface area (TPSA) is 18.5 Å². The van der Waals surface area contributed by atoms with Crippen molar-refractivity contribution >= 4 is 43.1 Å². The summed E-state index contributed by atoms with van der Waals surface area (Å²) >= 11 is 0. The van der Waals surface area contributed by atoms with E-state index in [-0.39, 0.29) is 5.41 Å². The van der Waals surface area contributed by atoms with E-state index in [1.165, 1.54) is 16.3 Å². The van der Waals surface area contributed by atoms with E-state index in [2.05, 4.69) is 142 Å². The van der Waals surface area contributed by atoms with Gasteiger partial charge in [-0.25, -0.2) is 0 Å². The molecule has 7 aromatic carbocycles. The third-order valence-corrected chi connectivity index (χ3v) is 7.67. The van der Waals surface area contributed by atoms with Gasteiger partial charge in [0.25, 0.3) is 0 Å². The van der Waals surface area contributed by atoms with E-state index in [0.717, 1.165) is 55.3 Å². The standard InChI is InChI=1S/C38H30O2/c1-38(2,3)29-18-21-34-35(24-29)37(40-31-20-17-26-11-5-7-13-28(26)23-31)33-15-9-8-14-32(33)36(34)39-30-19-16-25-10-4-6-12-27(25)22-30/h4-24H,1-3H3. The summed E-state index contributed by atoms with van der Waals surface area (Å²) in [6.07, 6.45) is 0. The minimum Gasteiger partial charge on any atom is -0.456 e. The Balaban J connectivity index is 1.46. The third kappa shape index (κ3) is 4.32. The molecule has 0 amide bonds. The van der Waals surface area contributed by atoms with Crippen molar-refractivity contribution in [2.24, 2.45) is 0 Å². The highest BCUT2D eigenvalue weighted by Crippen LogP contribution is 2.47. The van der Waals surface area contributed by atoms with Gasteiger partial charge in [0.15, 0.2) is 0 Å². The Labute approximate surface area is 234 Å². The number of benzene rings is 7. The Hall–Kier alpha value is -4.82. The maximum atomic E-state index is 6.79. The van der Waals surface area contributed by atoms with Gasteiger partial charge < -0.3 is 9.47 Å². The van der Waals surface area contributed by atoms with Gasteiger partial charge in [0.2, 0.25) is 0 Å². The second-order valence-corrected chi connectivity index (χ2v) is 11.4. The molecule has 7 rings (SSSR count). The summed E-state index contributed by atoms with van der Waals surface area (Å²) in [7, 11) is 0. The van der Waals surface area contributed by atoms with Crippen LogP contribution in [0.4, 0.5) is 0 Å². The molecule has 0 aromatic heterocycles. The lowest BCUT2D eigenvalue weighted by Crippen LogP contribution is -2.10. The van der Waals surface area contributed by atoms with Gasteiger partial charge in [-0.2, -0.15) is 0 Å². The van der Waals surface area contributed by atoms with Crippen molar-refractivity contribution in [3.63, 3.8) is 0 Å². The van der Waals surface area contributed by atoms with Crippen LogP contribution in [0.25, 0.3) is 43.1 Å². The molecule has 0 bridgehead atoms. The van der Waals surface area contributed by atoms with E-state index in [1.54, 1.807) is 0 Å². The van der Waals surface area contributed by atoms with Crippen LogP contribution < -0.4 is 9.47 Å². The van der Waals surface area contributed by atoms with Gasteiger partial charge in [-0.3, -0.25) is 0 Å². The number of hydrogen-bond acceptors (Lipinski definition) is 2. The monoisotopic (exact) mass is 518 g/mol. The molecule has 0 spiro atoms. The van der Waals surface area contributed by atoms with Crippen LogP contribution >= 0.6 is 0 Å². The van der Waals surface area contributed by atoms with E-state index in [1.807, 2.05) is 6.07 Å². The fourth-order valence-corrected chi connectivity index (χ4v) is 5.48. The lowest BCUT2D eigenvalue weighted by atomic mass is 9.85. The van der Waals surface area contributed by atoms with Crippen LogP contribution in [0.1, 0.15) is 26.3 Å². The summed E-state index contributed by atoms with van der Waals surface area (Å²) in [6.45, 7) is 6.72. The van der Waals surface area contributed by atoms with Gasteiger partial charge in [-0.1, -0.05) is 118 Å². The molecule has 0 fully saturated rings. The van der Waals surface area contributed by atoms with Gasteiger partial charge in [0.05, 0.1) is 0 Å². The predicted octanol–water partition coefficient (Wildman–Crippen LogP) is 11.2. The molecule has 194 valence electrons. The van der Waals surface area contributed by atoms with Gasteiger partial charge >= 0.3 is 0 Å². The first-order chi connectivity index (χ1) is 19.4. The Kier molecular flexibility index (Phi) is 5.71. The number of fused-ring (bicyclic) bond motifs is 4. The lowest BCUT2D eigenvalue weighted by Gasteiger charge is -2.22. The fourth-order valence-electron chi connectivity index (χ4n) is 5.48. The lowest BCUT2D eigenvalue weighted by molar-refractivity contribution is 0.486. The number of ether oxygens (including phenoxy) is 2. The smallest absolute Gasteiger partial charge is 0.143 e. The Bertz CT molecular complexity index is 2050. The molecule has 7 aromatic rings. The molecule has 0 unspecified atom stereocenters. The number of hydrogen-bond donors (Lipinski definition) is 0. The quantitative estimate of drug-likeness (QED) is 0.216. The zero-order valence-electron chi connectivity index (χ0n) is 22.9. The molecule has 0 aliphatic rings. The van der Waals surface area contributed by atoms with Gasteiger partial charge in [-0.05, 0) is 62.9 Å². The summed E-state index contributed by atoms with van der Waals surface area (Å²) in [6, 6.07) is 44.3. The summed E-state index contributed by atoms with van der Waals surface area (Å²) in [5.41, 5.74) is 1.23. The zero-order valence-corrected chi connectivity index (χ0v) is 22.9. The van der Waals surface area contributed by atoms with Crippen molar-refractivity contribution in [3.05, 3.63) is 133 Å². The largest absolute Gasteiger partial charge is 0.456 e. The molecule has 2 nitrogen and oxygen atoms in total. The molecule has 0 heterocycles. The van der Waals surface area contributed by atoms with E-state index in [4.69, 9.17) is 9.47 Å². The minimum atomic E-state index is -0.0145. The molecule has 0 N–H and O–H groups in total. The number of rotatable bonds is 4. The molecular formula is C38H30O2. The highest BCUT2D eigenvalue weighted by Gasteiger charge is 2.21. The van der Waals surface area contributed by atoms with Crippen LogP contribution in [0.2, 0.25) is 0 Å². The van der Waals surface area contributed by atoms with Crippen molar-refractivity contribution in [2.75, 3.05) is 0 Å². The summed E-state index contributed by atoms with van der Waals surface area (Å²) in [5, 5.41) is 8.79.